The van der Waals surface area contributed by atoms with E-state index < -0.39 is 0 Å². The molecule has 0 N–H and O–H groups in total. The quantitative estimate of drug-likeness (QED) is 0.764. The highest BCUT2D eigenvalue weighted by atomic mass is 16.7. The monoisotopic (exact) mass is 282 g/mol. The van der Waals surface area contributed by atoms with Gasteiger partial charge in [-0.3, -0.25) is 9.69 Å². The first-order valence-electron chi connectivity index (χ1n) is 8.06. The lowest BCUT2D eigenvalue weighted by molar-refractivity contribution is -0.187. The van der Waals surface area contributed by atoms with E-state index in [1.54, 1.807) is 0 Å². The van der Waals surface area contributed by atoms with Crippen LogP contribution < -0.4 is 0 Å². The fourth-order valence-corrected chi connectivity index (χ4v) is 3.47. The first-order chi connectivity index (χ1) is 9.77. The average Bonchev–Trinajstić information content (AvgIpc) is 2.75. The van der Waals surface area contributed by atoms with Crippen molar-refractivity contribution in [1.82, 2.24) is 9.80 Å². The summed E-state index contributed by atoms with van der Waals surface area (Å²) >= 11 is 0. The number of amides is 1. The van der Waals surface area contributed by atoms with Crippen molar-refractivity contribution in [2.45, 2.75) is 44.3 Å². The molecule has 5 heteroatoms. The SMILES string of the molecule is O=C(CN1CCCCCC1)N1CCC2(CC1)OCCO2. The van der Waals surface area contributed by atoms with Gasteiger partial charge in [0.2, 0.25) is 5.91 Å². The number of rotatable bonds is 2. The van der Waals surface area contributed by atoms with Crippen LogP contribution in [0.4, 0.5) is 0 Å². The maximum absolute atomic E-state index is 12.4. The standard InChI is InChI=1S/C15H26N2O3/c18-14(13-16-7-3-1-2-4-8-16)17-9-5-15(6-10-17)19-11-12-20-15/h1-13H2. The van der Waals surface area contributed by atoms with E-state index in [1.165, 1.54) is 25.7 Å². The smallest absolute Gasteiger partial charge is 0.236 e. The minimum absolute atomic E-state index is 0.278. The molecule has 0 aromatic carbocycles. The Bertz CT molecular complexity index is 324. The van der Waals surface area contributed by atoms with Crippen molar-refractivity contribution in [1.29, 1.82) is 0 Å². The highest BCUT2D eigenvalue weighted by Crippen LogP contribution is 2.31. The number of carbonyl (C=O) groups is 1. The zero-order valence-electron chi connectivity index (χ0n) is 12.3. The van der Waals surface area contributed by atoms with E-state index in [0.717, 1.165) is 39.0 Å². The minimum Gasteiger partial charge on any atom is -0.347 e. The molecule has 3 saturated heterocycles. The molecule has 3 aliphatic heterocycles. The summed E-state index contributed by atoms with van der Waals surface area (Å²) in [6, 6.07) is 0. The normalized spacial score (nSPS) is 27.7. The third-order valence-electron chi connectivity index (χ3n) is 4.75. The van der Waals surface area contributed by atoms with Crippen LogP contribution in [0.2, 0.25) is 0 Å². The number of carbonyl (C=O) groups excluding carboxylic acids is 1. The number of ether oxygens (including phenoxy) is 2. The van der Waals surface area contributed by atoms with Gasteiger partial charge in [-0.15, -0.1) is 0 Å². The summed E-state index contributed by atoms with van der Waals surface area (Å²) < 4.78 is 11.4. The number of likely N-dealkylation sites (tertiary alicyclic amines) is 2. The van der Waals surface area contributed by atoms with Crippen molar-refractivity contribution < 1.29 is 14.3 Å². The minimum atomic E-state index is -0.376. The van der Waals surface area contributed by atoms with E-state index in [2.05, 4.69) is 4.90 Å². The van der Waals surface area contributed by atoms with Crippen molar-refractivity contribution in [2.24, 2.45) is 0 Å². The fourth-order valence-electron chi connectivity index (χ4n) is 3.47. The molecule has 0 aromatic heterocycles. The van der Waals surface area contributed by atoms with Crippen LogP contribution in [-0.4, -0.2) is 67.4 Å². The van der Waals surface area contributed by atoms with E-state index in [4.69, 9.17) is 9.47 Å². The highest BCUT2D eigenvalue weighted by Gasteiger charge is 2.40. The zero-order chi connectivity index (χ0) is 13.8. The van der Waals surface area contributed by atoms with Crippen LogP contribution in [0.15, 0.2) is 0 Å². The molecular weight excluding hydrogens is 256 g/mol. The Labute approximate surface area is 121 Å². The van der Waals surface area contributed by atoms with E-state index in [-0.39, 0.29) is 11.7 Å². The summed E-state index contributed by atoms with van der Waals surface area (Å²) in [5.74, 6) is -0.0981. The molecule has 5 nitrogen and oxygen atoms in total. The largest absolute Gasteiger partial charge is 0.347 e. The lowest BCUT2D eigenvalue weighted by Gasteiger charge is -2.38. The van der Waals surface area contributed by atoms with Crippen molar-refractivity contribution in [3.63, 3.8) is 0 Å². The Morgan fingerprint density at radius 3 is 2.10 bits per heavy atom. The third kappa shape index (κ3) is 3.32. The molecule has 0 saturated carbocycles. The summed E-state index contributed by atoms with van der Waals surface area (Å²) in [6.45, 7) is 5.68. The summed E-state index contributed by atoms with van der Waals surface area (Å²) in [6.07, 6.45) is 6.73. The van der Waals surface area contributed by atoms with Crippen molar-refractivity contribution in [2.75, 3.05) is 45.9 Å². The van der Waals surface area contributed by atoms with Crippen molar-refractivity contribution in [3.05, 3.63) is 0 Å². The molecule has 20 heavy (non-hydrogen) atoms. The molecule has 114 valence electrons. The van der Waals surface area contributed by atoms with Gasteiger partial charge in [-0.1, -0.05) is 12.8 Å². The zero-order valence-corrected chi connectivity index (χ0v) is 12.3. The maximum atomic E-state index is 12.4. The van der Waals surface area contributed by atoms with Gasteiger partial charge in [0.1, 0.15) is 0 Å². The van der Waals surface area contributed by atoms with Gasteiger partial charge in [-0.05, 0) is 25.9 Å². The Hall–Kier alpha value is -0.650. The van der Waals surface area contributed by atoms with Crippen LogP contribution in [0.1, 0.15) is 38.5 Å². The van der Waals surface area contributed by atoms with Crippen LogP contribution in [0.3, 0.4) is 0 Å². The molecule has 1 amide bonds. The number of nitrogens with zero attached hydrogens (tertiary/aromatic N) is 2. The second-order valence-electron chi connectivity index (χ2n) is 6.18. The predicted molar refractivity (Wildman–Crippen MR) is 75.4 cm³/mol. The maximum Gasteiger partial charge on any atom is 0.236 e. The highest BCUT2D eigenvalue weighted by molar-refractivity contribution is 5.78. The summed E-state index contributed by atoms with van der Waals surface area (Å²) in [5.41, 5.74) is 0. The number of piperidine rings is 1. The Morgan fingerprint density at radius 1 is 0.900 bits per heavy atom. The van der Waals surface area contributed by atoms with E-state index >= 15 is 0 Å². The lowest BCUT2D eigenvalue weighted by atomic mass is 10.0. The van der Waals surface area contributed by atoms with Gasteiger partial charge in [0.05, 0.1) is 19.8 Å². The molecule has 0 aromatic rings. The molecule has 1 spiro atoms. The second kappa shape index (κ2) is 6.41. The molecule has 0 radical (unpaired) electrons. The van der Waals surface area contributed by atoms with Gasteiger partial charge >= 0.3 is 0 Å². The predicted octanol–water partition coefficient (Wildman–Crippen LogP) is 1.23. The van der Waals surface area contributed by atoms with Crippen LogP contribution in [0, 0.1) is 0 Å². The first-order valence-corrected chi connectivity index (χ1v) is 8.06. The summed E-state index contributed by atoms with van der Waals surface area (Å²) in [4.78, 5) is 16.7. The van der Waals surface area contributed by atoms with Crippen LogP contribution in [-0.2, 0) is 14.3 Å². The van der Waals surface area contributed by atoms with E-state index in [1.807, 2.05) is 4.90 Å². The van der Waals surface area contributed by atoms with Gasteiger partial charge in [0.15, 0.2) is 5.79 Å². The van der Waals surface area contributed by atoms with Gasteiger partial charge in [0, 0.05) is 25.9 Å². The second-order valence-corrected chi connectivity index (χ2v) is 6.18. The van der Waals surface area contributed by atoms with Crippen LogP contribution >= 0.6 is 0 Å². The third-order valence-corrected chi connectivity index (χ3v) is 4.75. The van der Waals surface area contributed by atoms with E-state index in [0.29, 0.717) is 19.8 Å². The molecule has 3 fully saturated rings. The average molecular weight is 282 g/mol. The molecular formula is C15H26N2O3. The summed E-state index contributed by atoms with van der Waals surface area (Å²) in [5, 5.41) is 0. The van der Waals surface area contributed by atoms with Gasteiger partial charge in [0.25, 0.3) is 0 Å². The van der Waals surface area contributed by atoms with Crippen LogP contribution in [0.25, 0.3) is 0 Å². The molecule has 0 unspecified atom stereocenters. The fraction of sp³-hybridized carbons (Fsp3) is 0.933. The van der Waals surface area contributed by atoms with Gasteiger partial charge < -0.3 is 14.4 Å². The molecule has 3 heterocycles. The summed E-state index contributed by atoms with van der Waals surface area (Å²) in [7, 11) is 0. The van der Waals surface area contributed by atoms with E-state index in [9.17, 15) is 4.79 Å². The first kappa shape index (κ1) is 14.3. The Balaban J connectivity index is 1.46. The molecule has 0 atom stereocenters. The Morgan fingerprint density at radius 2 is 1.50 bits per heavy atom. The van der Waals surface area contributed by atoms with Crippen molar-refractivity contribution in [3.8, 4) is 0 Å². The number of hydrogen-bond acceptors (Lipinski definition) is 4. The molecule has 0 aliphatic carbocycles. The lowest BCUT2D eigenvalue weighted by Crippen LogP contribution is -2.49. The molecule has 0 bridgehead atoms. The van der Waals surface area contributed by atoms with Gasteiger partial charge in [-0.2, -0.15) is 0 Å². The molecule has 3 rings (SSSR count). The van der Waals surface area contributed by atoms with Crippen molar-refractivity contribution >= 4 is 5.91 Å². The van der Waals surface area contributed by atoms with Crippen LogP contribution in [0.5, 0.6) is 0 Å². The molecule has 3 aliphatic rings. The Kier molecular flexibility index (Phi) is 4.58. The topological polar surface area (TPSA) is 42.0 Å². The van der Waals surface area contributed by atoms with Gasteiger partial charge in [-0.25, -0.2) is 0 Å². The number of hydrogen-bond donors (Lipinski definition) is 0.